The molecule has 0 spiro atoms. The van der Waals surface area contributed by atoms with Gasteiger partial charge in [0.05, 0.1) is 31.3 Å². The molecule has 162 valence electrons. The predicted octanol–water partition coefficient (Wildman–Crippen LogP) is 2.24. The molecule has 0 amide bonds. The van der Waals surface area contributed by atoms with Crippen LogP contribution < -0.4 is 10.1 Å². The van der Waals surface area contributed by atoms with E-state index in [0.717, 1.165) is 0 Å². The summed E-state index contributed by atoms with van der Waals surface area (Å²) < 4.78 is 15.6. The second-order valence-corrected chi connectivity index (χ2v) is 6.61. The van der Waals surface area contributed by atoms with Crippen molar-refractivity contribution >= 4 is 11.9 Å². The topological polar surface area (TPSA) is 126 Å². The summed E-state index contributed by atoms with van der Waals surface area (Å²) in [5.41, 5.74) is 2.02. The van der Waals surface area contributed by atoms with Gasteiger partial charge in [-0.2, -0.15) is 0 Å². The zero-order valence-corrected chi connectivity index (χ0v) is 17.4. The lowest BCUT2D eigenvalue weighted by Crippen LogP contribution is -2.32. The summed E-state index contributed by atoms with van der Waals surface area (Å²) in [5.74, 6) is -1.71. The molecule has 1 heterocycles. The molecule has 10 nitrogen and oxygen atoms in total. The Hall–Kier alpha value is -3.56. The van der Waals surface area contributed by atoms with Crippen LogP contribution >= 0.6 is 0 Å². The van der Waals surface area contributed by atoms with Crippen LogP contribution in [0, 0.1) is 10.1 Å². The number of ether oxygens (including phenoxy) is 3. The molecule has 10 heteroatoms. The van der Waals surface area contributed by atoms with Gasteiger partial charge in [0.2, 0.25) is 0 Å². The first-order valence-corrected chi connectivity index (χ1v) is 9.09. The average Bonchev–Trinajstić information content (AvgIpc) is 2.70. The maximum absolute atomic E-state index is 12.6. The number of hydrogen-bond donors (Lipinski definition) is 1. The van der Waals surface area contributed by atoms with Crippen LogP contribution in [0.5, 0.6) is 5.75 Å². The monoisotopic (exact) mass is 420 g/mol. The third-order valence-electron chi connectivity index (χ3n) is 4.54. The Morgan fingerprint density at radius 2 is 1.63 bits per heavy atom. The van der Waals surface area contributed by atoms with Crippen LogP contribution in [-0.2, 0) is 23.9 Å². The minimum absolute atomic E-state index is 0.116. The van der Waals surface area contributed by atoms with E-state index < -0.39 is 29.0 Å². The first-order valence-electron chi connectivity index (χ1n) is 9.09. The van der Waals surface area contributed by atoms with Crippen LogP contribution in [0.4, 0.5) is 0 Å². The van der Waals surface area contributed by atoms with E-state index in [9.17, 15) is 19.7 Å². The number of hydrogen-bond acceptors (Lipinski definition) is 9. The number of dihydropyridines is 1. The molecule has 1 aliphatic rings. The van der Waals surface area contributed by atoms with Crippen molar-refractivity contribution in [3.8, 4) is 5.75 Å². The fourth-order valence-electron chi connectivity index (χ4n) is 3.30. The van der Waals surface area contributed by atoms with Gasteiger partial charge in [-0.25, -0.2) is 9.59 Å². The molecule has 0 saturated heterocycles. The molecular weight excluding hydrogens is 396 g/mol. The third kappa shape index (κ3) is 4.88. The zero-order valence-electron chi connectivity index (χ0n) is 17.4. The highest BCUT2D eigenvalue weighted by atomic mass is 17.0. The van der Waals surface area contributed by atoms with Gasteiger partial charge in [0.1, 0.15) is 18.5 Å². The summed E-state index contributed by atoms with van der Waals surface area (Å²) in [4.78, 5) is 40.2. The molecule has 0 aliphatic carbocycles. The van der Waals surface area contributed by atoms with Gasteiger partial charge in [-0.3, -0.25) is 0 Å². The molecule has 0 radical (unpaired) electrons. The number of nitrogens with zero attached hydrogens (tertiary/aromatic N) is 1. The normalized spacial score (nSPS) is 15.2. The number of esters is 2. The minimum atomic E-state index is -0.893. The second-order valence-electron chi connectivity index (χ2n) is 6.61. The molecule has 0 saturated carbocycles. The lowest BCUT2D eigenvalue weighted by atomic mass is 9.80. The molecular formula is C20H24N2O8. The molecule has 1 aromatic carbocycles. The van der Waals surface area contributed by atoms with Crippen LogP contribution in [0.3, 0.4) is 0 Å². The summed E-state index contributed by atoms with van der Waals surface area (Å²) in [7, 11) is 2.50. The lowest BCUT2D eigenvalue weighted by Gasteiger charge is -2.31. The molecule has 1 unspecified atom stereocenters. The van der Waals surface area contributed by atoms with Crippen molar-refractivity contribution in [2.45, 2.75) is 32.8 Å². The Bertz CT molecular complexity index is 868. The summed E-state index contributed by atoms with van der Waals surface area (Å²) in [6.07, 6.45) is -0.823. The van der Waals surface area contributed by atoms with E-state index in [2.05, 4.69) is 10.2 Å². The van der Waals surface area contributed by atoms with E-state index in [4.69, 9.17) is 14.2 Å². The third-order valence-corrected chi connectivity index (χ3v) is 4.54. The summed E-state index contributed by atoms with van der Waals surface area (Å²) >= 11 is 0. The summed E-state index contributed by atoms with van der Waals surface area (Å²) in [6, 6.07) is 6.79. The predicted molar refractivity (Wildman–Crippen MR) is 105 cm³/mol. The van der Waals surface area contributed by atoms with E-state index in [0.29, 0.717) is 22.7 Å². The molecule has 1 N–H and O–H groups in total. The Balaban J connectivity index is 2.55. The Morgan fingerprint density at radius 1 is 1.10 bits per heavy atom. The zero-order chi connectivity index (χ0) is 22.4. The molecule has 0 fully saturated rings. The summed E-state index contributed by atoms with van der Waals surface area (Å²) in [6.45, 7) is 4.78. The van der Waals surface area contributed by atoms with E-state index in [-0.39, 0.29) is 17.8 Å². The van der Waals surface area contributed by atoms with Crippen molar-refractivity contribution in [3.05, 3.63) is 62.5 Å². The number of nitrogens with one attached hydrogen (secondary N) is 1. The lowest BCUT2D eigenvalue weighted by molar-refractivity contribution is -0.767. The molecule has 0 bridgehead atoms. The number of carbonyl (C=O) groups excluding carboxylic acids is 2. The summed E-state index contributed by atoms with van der Waals surface area (Å²) in [5, 5.41) is 12.6. The number of rotatable bonds is 8. The number of para-hydroxylation sites is 1. The van der Waals surface area contributed by atoms with Crippen LogP contribution in [-0.4, -0.2) is 44.0 Å². The van der Waals surface area contributed by atoms with Gasteiger partial charge in [-0.1, -0.05) is 18.2 Å². The van der Waals surface area contributed by atoms with Crippen molar-refractivity contribution in [2.24, 2.45) is 0 Å². The number of benzene rings is 1. The van der Waals surface area contributed by atoms with Crippen molar-refractivity contribution < 1.29 is 33.7 Å². The fraction of sp³-hybridized carbons (Fsp3) is 0.400. The van der Waals surface area contributed by atoms with Gasteiger partial charge >= 0.3 is 11.9 Å². The van der Waals surface area contributed by atoms with Crippen LogP contribution in [0.1, 0.15) is 32.3 Å². The number of methoxy groups -OCH3 is 2. The number of carbonyl (C=O) groups is 2. The molecule has 1 aromatic rings. The van der Waals surface area contributed by atoms with Crippen LogP contribution in [0.2, 0.25) is 0 Å². The van der Waals surface area contributed by atoms with Crippen LogP contribution in [0.15, 0.2) is 46.8 Å². The number of allylic oxidation sites excluding steroid dienone is 2. The quantitative estimate of drug-likeness (QED) is 0.383. The van der Waals surface area contributed by atoms with E-state index >= 15 is 0 Å². The maximum Gasteiger partial charge on any atom is 0.336 e. The van der Waals surface area contributed by atoms with E-state index in [1.807, 2.05) is 0 Å². The van der Waals surface area contributed by atoms with Gasteiger partial charge in [0, 0.05) is 17.0 Å². The molecule has 2 rings (SSSR count). The van der Waals surface area contributed by atoms with E-state index in [1.54, 1.807) is 38.1 Å². The van der Waals surface area contributed by atoms with Crippen LogP contribution in [0.25, 0.3) is 0 Å². The van der Waals surface area contributed by atoms with Gasteiger partial charge in [0.15, 0.2) is 0 Å². The van der Waals surface area contributed by atoms with Gasteiger partial charge in [0.25, 0.3) is 5.09 Å². The van der Waals surface area contributed by atoms with Crippen molar-refractivity contribution in [1.82, 2.24) is 5.32 Å². The average molecular weight is 420 g/mol. The minimum Gasteiger partial charge on any atom is -0.491 e. The Kier molecular flexibility index (Phi) is 7.40. The Labute approximate surface area is 173 Å². The van der Waals surface area contributed by atoms with Gasteiger partial charge < -0.3 is 24.4 Å². The van der Waals surface area contributed by atoms with Gasteiger partial charge in [-0.05, 0) is 26.8 Å². The first-order chi connectivity index (χ1) is 14.2. The fourth-order valence-corrected chi connectivity index (χ4v) is 3.30. The second kappa shape index (κ2) is 9.77. The highest BCUT2D eigenvalue weighted by Gasteiger charge is 2.39. The molecule has 1 aliphatic heterocycles. The molecule has 1 atom stereocenters. The SMILES string of the molecule is COC(=O)C1=C(C)NC(C)=C(C(=O)OC)C1c1ccccc1OCC(C)O[N+](=O)[O-]. The highest BCUT2D eigenvalue weighted by molar-refractivity contribution is 6.00. The van der Waals surface area contributed by atoms with Crippen molar-refractivity contribution in [2.75, 3.05) is 20.8 Å². The first kappa shape index (κ1) is 22.7. The van der Waals surface area contributed by atoms with Crippen molar-refractivity contribution in [1.29, 1.82) is 0 Å². The smallest absolute Gasteiger partial charge is 0.336 e. The highest BCUT2D eigenvalue weighted by Crippen LogP contribution is 2.42. The van der Waals surface area contributed by atoms with E-state index in [1.165, 1.54) is 21.1 Å². The standard InChI is InChI=1S/C20H24N2O8/c1-11(30-22(25)26)10-29-15-9-7-6-8-14(15)18-16(19(23)27-4)12(2)21-13(3)17(18)20(24)28-5/h6-9,11,18,21H,10H2,1-5H3. The molecule has 30 heavy (non-hydrogen) atoms. The Morgan fingerprint density at radius 3 is 2.13 bits per heavy atom. The van der Waals surface area contributed by atoms with Gasteiger partial charge in [-0.15, -0.1) is 10.1 Å². The largest absolute Gasteiger partial charge is 0.491 e. The maximum atomic E-state index is 12.6. The van der Waals surface area contributed by atoms with Crippen molar-refractivity contribution in [3.63, 3.8) is 0 Å². The molecule has 0 aromatic heterocycles.